The fourth-order valence-corrected chi connectivity index (χ4v) is 3.37. The van der Waals surface area contributed by atoms with Gasteiger partial charge in [0.25, 0.3) is 5.91 Å². The van der Waals surface area contributed by atoms with Crippen LogP contribution in [-0.4, -0.2) is 46.6 Å². The first kappa shape index (κ1) is 23.2. The Morgan fingerprint density at radius 3 is 2.59 bits per heavy atom. The van der Waals surface area contributed by atoms with Gasteiger partial charge in [-0.2, -0.15) is 13.2 Å². The van der Waals surface area contributed by atoms with Crippen molar-refractivity contribution in [3.63, 3.8) is 0 Å². The van der Waals surface area contributed by atoms with Crippen molar-refractivity contribution < 1.29 is 27.9 Å². The summed E-state index contributed by atoms with van der Waals surface area (Å²) in [5.41, 5.74) is 6.81. The van der Waals surface area contributed by atoms with E-state index in [0.29, 0.717) is 6.54 Å². The van der Waals surface area contributed by atoms with Gasteiger partial charge < -0.3 is 15.4 Å². The van der Waals surface area contributed by atoms with Gasteiger partial charge in [-0.1, -0.05) is 18.2 Å². The molecule has 3 aromatic rings. The predicted molar refractivity (Wildman–Crippen MR) is 113 cm³/mol. The zero-order valence-electron chi connectivity index (χ0n) is 17.1. The molecule has 32 heavy (non-hydrogen) atoms. The quantitative estimate of drug-likeness (QED) is 0.522. The number of hydrogen-bond acceptors (Lipinski definition) is 4. The monoisotopic (exact) mass is 445 g/mol. The fraction of sp³-hybridized carbons (Fsp3) is 0.261. The Morgan fingerprint density at radius 1 is 1.12 bits per heavy atom. The molecule has 1 aliphatic rings. The highest BCUT2D eigenvalue weighted by Crippen LogP contribution is 2.27. The number of fused-ring (bicyclic) bond motifs is 1. The van der Waals surface area contributed by atoms with Crippen LogP contribution in [0.3, 0.4) is 0 Å². The second-order valence-corrected chi connectivity index (χ2v) is 7.20. The van der Waals surface area contributed by atoms with Crippen LogP contribution in [0.5, 0.6) is 0 Å². The van der Waals surface area contributed by atoms with Crippen LogP contribution < -0.4 is 5.32 Å². The summed E-state index contributed by atoms with van der Waals surface area (Å²) < 4.78 is 31.2. The Morgan fingerprint density at radius 2 is 1.91 bits per heavy atom. The molecule has 9 heteroatoms. The Balaban J connectivity index is 0.000000427. The Hall–Kier alpha value is -3.46. The average Bonchev–Trinajstić information content (AvgIpc) is 3.24. The molecule has 0 saturated carbocycles. The van der Waals surface area contributed by atoms with E-state index in [2.05, 4.69) is 27.4 Å². The van der Waals surface area contributed by atoms with Crippen molar-refractivity contribution in [1.29, 1.82) is 0 Å². The zero-order valence-corrected chi connectivity index (χ0v) is 17.1. The molecule has 0 spiro atoms. The minimum absolute atomic E-state index is 0.0142. The van der Waals surface area contributed by atoms with E-state index >= 15 is 0 Å². The molecule has 0 radical (unpaired) electrons. The summed E-state index contributed by atoms with van der Waals surface area (Å²) in [6, 6.07) is 14.2. The van der Waals surface area contributed by atoms with E-state index in [9.17, 15) is 18.0 Å². The minimum atomic E-state index is -4.64. The van der Waals surface area contributed by atoms with E-state index in [1.165, 1.54) is 5.56 Å². The number of aldehydes is 1. The summed E-state index contributed by atoms with van der Waals surface area (Å²) in [5.74, 6) is -0.0142. The first-order valence-electron chi connectivity index (χ1n) is 10.0. The van der Waals surface area contributed by atoms with Crippen molar-refractivity contribution in [3.8, 4) is 22.5 Å². The molecule has 3 heterocycles. The van der Waals surface area contributed by atoms with E-state index in [4.69, 9.17) is 9.90 Å². The summed E-state index contributed by atoms with van der Waals surface area (Å²) in [6.07, 6.45) is -1.47. The molecule has 1 aliphatic heterocycles. The third-order valence-electron chi connectivity index (χ3n) is 4.86. The van der Waals surface area contributed by atoms with Crippen LogP contribution in [0.2, 0.25) is 0 Å². The molecule has 0 saturated heterocycles. The summed E-state index contributed by atoms with van der Waals surface area (Å²) in [7, 11) is 0. The largest absolute Gasteiger partial charge is 0.446 e. The van der Waals surface area contributed by atoms with Gasteiger partial charge in [0, 0.05) is 48.3 Å². The number of alkyl halides is 3. The van der Waals surface area contributed by atoms with Gasteiger partial charge in [-0.25, -0.2) is 0 Å². The molecule has 4 rings (SSSR count). The lowest BCUT2D eigenvalue weighted by Gasteiger charge is -2.11. The molecule has 0 bridgehead atoms. The lowest BCUT2D eigenvalue weighted by molar-refractivity contribution is -0.156. The maximum atomic E-state index is 12.0. The van der Waals surface area contributed by atoms with E-state index < -0.39 is 12.5 Å². The third kappa shape index (κ3) is 6.04. The van der Waals surface area contributed by atoms with Crippen LogP contribution in [-0.2, 0) is 17.6 Å². The van der Waals surface area contributed by atoms with Crippen LogP contribution >= 0.6 is 0 Å². The SMILES string of the molecule is O=C1NCCc2[nH]c(-c3ccnc(-c4cccc(CCCO)c4)c3)cc21.O=CC(F)(F)F. The number of benzene rings is 1. The molecule has 0 atom stereocenters. The molecule has 1 aromatic carbocycles. The molecular weight excluding hydrogens is 423 g/mol. The number of carbonyl (C=O) groups excluding carboxylic acids is 2. The number of amides is 1. The van der Waals surface area contributed by atoms with Crippen molar-refractivity contribution in [3.05, 3.63) is 65.5 Å². The van der Waals surface area contributed by atoms with Crippen molar-refractivity contribution in [2.24, 2.45) is 0 Å². The van der Waals surface area contributed by atoms with E-state index in [-0.39, 0.29) is 12.5 Å². The molecule has 1 amide bonds. The summed E-state index contributed by atoms with van der Waals surface area (Å²) in [4.78, 5) is 28.6. The van der Waals surface area contributed by atoms with Crippen molar-refractivity contribution in [2.45, 2.75) is 25.4 Å². The topological polar surface area (TPSA) is 95.1 Å². The number of aliphatic hydroxyl groups excluding tert-OH is 1. The maximum absolute atomic E-state index is 12.0. The lowest BCUT2D eigenvalue weighted by atomic mass is 10.0. The number of aryl methyl sites for hydroxylation is 1. The van der Waals surface area contributed by atoms with Gasteiger partial charge in [0.2, 0.25) is 6.29 Å². The van der Waals surface area contributed by atoms with Crippen molar-refractivity contribution in [2.75, 3.05) is 13.2 Å². The van der Waals surface area contributed by atoms with Crippen LogP contribution in [0, 0.1) is 0 Å². The van der Waals surface area contributed by atoms with E-state index in [1.807, 2.05) is 30.3 Å². The molecular formula is C23H22F3N3O3. The predicted octanol–water partition coefficient (Wildman–Crippen LogP) is 3.70. The highest BCUT2D eigenvalue weighted by molar-refractivity contribution is 5.97. The minimum Gasteiger partial charge on any atom is -0.396 e. The van der Waals surface area contributed by atoms with Crippen LogP contribution in [0.25, 0.3) is 22.5 Å². The molecule has 0 aliphatic carbocycles. The zero-order chi connectivity index (χ0) is 23.1. The normalized spacial score (nSPS) is 12.9. The molecule has 2 aromatic heterocycles. The first-order valence-corrected chi connectivity index (χ1v) is 10.0. The van der Waals surface area contributed by atoms with Gasteiger partial charge in [0.15, 0.2) is 0 Å². The first-order chi connectivity index (χ1) is 15.3. The number of nitrogens with zero attached hydrogens (tertiary/aromatic N) is 1. The molecule has 0 unspecified atom stereocenters. The Kier molecular flexibility index (Phi) is 7.42. The highest BCUT2D eigenvalue weighted by atomic mass is 19.4. The van der Waals surface area contributed by atoms with Gasteiger partial charge in [0.05, 0.1) is 11.3 Å². The summed E-state index contributed by atoms with van der Waals surface area (Å²) >= 11 is 0. The molecule has 0 fully saturated rings. The number of carbonyl (C=O) groups is 2. The van der Waals surface area contributed by atoms with Crippen LogP contribution in [0.15, 0.2) is 48.7 Å². The molecule has 168 valence electrons. The van der Waals surface area contributed by atoms with Crippen molar-refractivity contribution in [1.82, 2.24) is 15.3 Å². The van der Waals surface area contributed by atoms with Crippen LogP contribution in [0.4, 0.5) is 13.2 Å². The summed E-state index contributed by atoms with van der Waals surface area (Å²) in [6.45, 7) is 0.872. The number of hydrogen-bond donors (Lipinski definition) is 3. The second kappa shape index (κ2) is 10.2. The molecule has 3 N–H and O–H groups in total. The van der Waals surface area contributed by atoms with Crippen LogP contribution in [0.1, 0.15) is 28.0 Å². The number of aliphatic hydroxyl groups is 1. The third-order valence-corrected chi connectivity index (χ3v) is 4.86. The maximum Gasteiger partial charge on any atom is 0.446 e. The highest BCUT2D eigenvalue weighted by Gasteiger charge is 2.25. The lowest BCUT2D eigenvalue weighted by Crippen LogP contribution is -2.31. The van der Waals surface area contributed by atoms with Gasteiger partial charge in [0.1, 0.15) is 0 Å². The number of nitrogens with one attached hydrogen (secondary N) is 2. The van der Waals surface area contributed by atoms with Gasteiger partial charge in [-0.05, 0) is 42.7 Å². The summed E-state index contributed by atoms with van der Waals surface area (Å²) in [5, 5.41) is 11.9. The Bertz CT molecular complexity index is 1090. The number of pyridine rings is 1. The van der Waals surface area contributed by atoms with Crippen molar-refractivity contribution >= 4 is 12.2 Å². The van der Waals surface area contributed by atoms with E-state index in [1.54, 1.807) is 6.20 Å². The smallest absolute Gasteiger partial charge is 0.396 e. The number of rotatable bonds is 5. The van der Waals surface area contributed by atoms with E-state index in [0.717, 1.165) is 53.0 Å². The number of aromatic amines is 1. The average molecular weight is 445 g/mol. The number of aromatic nitrogens is 2. The number of halogens is 3. The standard InChI is InChI=1S/C21H21N3O2.C2HF3O/c25-10-2-4-14-3-1-5-15(11-14)19-12-16(6-8-22-19)20-13-17-18(24-20)7-9-23-21(17)26;3-2(4,5)1-6/h1,3,5-6,8,11-13,24-25H,2,4,7,9-10H2,(H,23,26);1H. The fourth-order valence-electron chi connectivity index (χ4n) is 3.37. The van der Waals surface area contributed by atoms with Gasteiger partial charge in [-0.15, -0.1) is 0 Å². The molecule has 6 nitrogen and oxygen atoms in total. The van der Waals surface area contributed by atoms with Gasteiger partial charge >= 0.3 is 6.18 Å². The second-order valence-electron chi connectivity index (χ2n) is 7.20. The van der Waals surface area contributed by atoms with Gasteiger partial charge in [-0.3, -0.25) is 14.6 Å². The number of H-pyrrole nitrogens is 1. The Labute approximate surface area is 182 Å².